The van der Waals surface area contributed by atoms with Crippen LogP contribution in [0.5, 0.6) is 0 Å². The molecule has 0 spiro atoms. The molecule has 3 saturated carbocycles. The van der Waals surface area contributed by atoms with E-state index in [4.69, 9.17) is 5.73 Å². The fourth-order valence-corrected chi connectivity index (χ4v) is 2.55. The summed E-state index contributed by atoms with van der Waals surface area (Å²) in [7, 11) is 0. The molecule has 3 aliphatic carbocycles. The Balaban J connectivity index is 0.000000405. The van der Waals surface area contributed by atoms with Crippen molar-refractivity contribution < 1.29 is 0 Å². The maximum Gasteiger partial charge on any atom is 0.0165 e. The molecule has 2 N–H and O–H groups in total. The van der Waals surface area contributed by atoms with Gasteiger partial charge in [0.1, 0.15) is 0 Å². The number of fused-ring (bicyclic) bond motifs is 1. The van der Waals surface area contributed by atoms with Gasteiger partial charge in [0, 0.05) is 5.54 Å². The second kappa shape index (κ2) is 1.51. The van der Waals surface area contributed by atoms with Gasteiger partial charge >= 0.3 is 0 Å². The Hall–Kier alpha value is -0.0400. The van der Waals surface area contributed by atoms with E-state index in [1.165, 1.54) is 25.7 Å². The molecule has 0 aromatic rings. The highest BCUT2D eigenvalue weighted by atomic mass is 14.8. The van der Waals surface area contributed by atoms with Crippen LogP contribution in [0.15, 0.2) is 0 Å². The summed E-state index contributed by atoms with van der Waals surface area (Å²) in [5.41, 5.74) is 6.90. The van der Waals surface area contributed by atoms with Crippen molar-refractivity contribution in [1.29, 1.82) is 0 Å². The fraction of sp³-hybridized carbons (Fsp3) is 1.00. The normalized spacial score (nSPS) is 54.0. The van der Waals surface area contributed by atoms with E-state index < -0.39 is 0 Å². The number of hydrogen-bond acceptors (Lipinski definition) is 1. The van der Waals surface area contributed by atoms with Crippen LogP contribution in [0.1, 0.15) is 40.0 Å². The summed E-state index contributed by atoms with van der Waals surface area (Å²) in [6, 6.07) is 0. The second-order valence-electron chi connectivity index (χ2n) is 4.03. The lowest BCUT2D eigenvalue weighted by molar-refractivity contribution is 0.138. The third kappa shape index (κ3) is 0.787. The van der Waals surface area contributed by atoms with Crippen LogP contribution >= 0.6 is 0 Å². The van der Waals surface area contributed by atoms with Gasteiger partial charge < -0.3 is 5.73 Å². The van der Waals surface area contributed by atoms with Crippen molar-refractivity contribution in [3.63, 3.8) is 0 Å². The summed E-state index contributed by atoms with van der Waals surface area (Å²) in [5.74, 6) is 0. The van der Waals surface area contributed by atoms with Crippen LogP contribution in [-0.4, -0.2) is 5.54 Å². The Labute approximate surface area is 57.6 Å². The molecular weight excluding hydrogens is 110 g/mol. The SMILES string of the molecule is C.CC12CCC(N)(C1)C2. The van der Waals surface area contributed by atoms with E-state index in [-0.39, 0.29) is 7.43 Å². The molecule has 0 unspecified atom stereocenters. The van der Waals surface area contributed by atoms with E-state index in [9.17, 15) is 0 Å². The Kier molecular flexibility index (Phi) is 1.19. The quantitative estimate of drug-likeness (QED) is 0.528. The van der Waals surface area contributed by atoms with Crippen molar-refractivity contribution in [2.24, 2.45) is 11.1 Å². The van der Waals surface area contributed by atoms with Crippen LogP contribution < -0.4 is 5.73 Å². The third-order valence-corrected chi connectivity index (χ3v) is 2.78. The highest BCUT2D eigenvalue weighted by Gasteiger charge is 2.55. The molecular formula is C8H17N. The molecule has 0 amide bonds. The average molecular weight is 127 g/mol. The standard InChI is InChI=1S/C7H13N.CH4/c1-6-2-3-7(8,4-6)5-6;/h2-5,8H2,1H3;1H4. The number of hydrogen-bond donors (Lipinski definition) is 1. The molecule has 3 aliphatic rings. The predicted molar refractivity (Wildman–Crippen MR) is 40.2 cm³/mol. The van der Waals surface area contributed by atoms with Crippen molar-refractivity contribution in [3.8, 4) is 0 Å². The minimum atomic E-state index is 0. The van der Waals surface area contributed by atoms with Crippen LogP contribution in [0.2, 0.25) is 0 Å². The third-order valence-electron chi connectivity index (χ3n) is 2.78. The summed E-state index contributed by atoms with van der Waals surface area (Å²) in [4.78, 5) is 0. The van der Waals surface area contributed by atoms with Crippen molar-refractivity contribution in [2.75, 3.05) is 0 Å². The molecule has 0 atom stereocenters. The second-order valence-corrected chi connectivity index (χ2v) is 4.03. The van der Waals surface area contributed by atoms with Crippen LogP contribution in [0.3, 0.4) is 0 Å². The van der Waals surface area contributed by atoms with Crippen LogP contribution in [0.25, 0.3) is 0 Å². The highest BCUT2D eigenvalue weighted by Crippen LogP contribution is 2.59. The van der Waals surface area contributed by atoms with Gasteiger partial charge in [-0.3, -0.25) is 0 Å². The fourth-order valence-electron chi connectivity index (χ4n) is 2.55. The molecule has 0 radical (unpaired) electrons. The zero-order valence-electron chi connectivity index (χ0n) is 5.41. The number of nitrogens with two attached hydrogens (primary N) is 1. The van der Waals surface area contributed by atoms with Crippen molar-refractivity contribution in [1.82, 2.24) is 0 Å². The van der Waals surface area contributed by atoms with Gasteiger partial charge in [0.2, 0.25) is 0 Å². The van der Waals surface area contributed by atoms with E-state index >= 15 is 0 Å². The van der Waals surface area contributed by atoms with Gasteiger partial charge in [-0.2, -0.15) is 0 Å². The maximum absolute atomic E-state index is 5.93. The lowest BCUT2D eigenvalue weighted by Crippen LogP contribution is -2.48. The van der Waals surface area contributed by atoms with Crippen LogP contribution in [0, 0.1) is 5.41 Å². The van der Waals surface area contributed by atoms with Gasteiger partial charge in [0.25, 0.3) is 0 Å². The van der Waals surface area contributed by atoms with Crippen molar-refractivity contribution in [2.45, 2.75) is 45.6 Å². The Bertz CT molecular complexity index is 109. The van der Waals surface area contributed by atoms with E-state index in [0.717, 1.165) is 0 Å². The molecule has 3 rings (SSSR count). The Morgan fingerprint density at radius 3 is 1.89 bits per heavy atom. The Morgan fingerprint density at radius 1 is 1.22 bits per heavy atom. The first-order valence-electron chi connectivity index (χ1n) is 3.41. The molecule has 0 aliphatic heterocycles. The van der Waals surface area contributed by atoms with E-state index in [1.807, 2.05) is 0 Å². The van der Waals surface area contributed by atoms with Crippen LogP contribution in [-0.2, 0) is 0 Å². The van der Waals surface area contributed by atoms with Crippen molar-refractivity contribution in [3.05, 3.63) is 0 Å². The minimum absolute atomic E-state index is 0. The van der Waals surface area contributed by atoms with Gasteiger partial charge in [-0.05, 0) is 31.1 Å². The summed E-state index contributed by atoms with van der Waals surface area (Å²) < 4.78 is 0. The number of rotatable bonds is 0. The average Bonchev–Trinajstić information content (AvgIpc) is 1.88. The highest BCUT2D eigenvalue weighted by molar-refractivity contribution is 5.12. The maximum atomic E-state index is 5.93. The van der Waals surface area contributed by atoms with E-state index in [1.54, 1.807) is 0 Å². The largest absolute Gasteiger partial charge is 0.325 e. The smallest absolute Gasteiger partial charge is 0.0165 e. The lowest BCUT2D eigenvalue weighted by atomic mass is 9.67. The lowest BCUT2D eigenvalue weighted by Gasteiger charge is -2.42. The molecule has 0 heterocycles. The first-order chi connectivity index (χ1) is 3.62. The predicted octanol–water partition coefficient (Wildman–Crippen LogP) is 1.91. The van der Waals surface area contributed by atoms with Gasteiger partial charge in [-0.1, -0.05) is 14.4 Å². The van der Waals surface area contributed by atoms with E-state index in [0.29, 0.717) is 11.0 Å². The molecule has 0 aromatic heterocycles. The van der Waals surface area contributed by atoms with E-state index in [2.05, 4.69) is 6.92 Å². The molecule has 0 saturated heterocycles. The van der Waals surface area contributed by atoms with Gasteiger partial charge in [0.05, 0.1) is 0 Å². The zero-order chi connectivity index (χ0) is 5.83. The summed E-state index contributed by atoms with van der Waals surface area (Å²) in [6.45, 7) is 2.35. The first-order valence-corrected chi connectivity index (χ1v) is 3.41. The summed E-state index contributed by atoms with van der Waals surface area (Å²) in [5, 5.41) is 0. The van der Waals surface area contributed by atoms with Gasteiger partial charge in [-0.15, -0.1) is 0 Å². The topological polar surface area (TPSA) is 26.0 Å². The molecule has 9 heavy (non-hydrogen) atoms. The summed E-state index contributed by atoms with van der Waals surface area (Å²) >= 11 is 0. The molecule has 54 valence electrons. The minimum Gasteiger partial charge on any atom is -0.325 e. The van der Waals surface area contributed by atoms with Crippen LogP contribution in [0.4, 0.5) is 0 Å². The molecule has 1 heteroatoms. The Morgan fingerprint density at radius 2 is 1.78 bits per heavy atom. The zero-order valence-corrected chi connectivity index (χ0v) is 5.41. The molecule has 3 fully saturated rings. The van der Waals surface area contributed by atoms with Gasteiger partial charge in [0.15, 0.2) is 0 Å². The monoisotopic (exact) mass is 127 g/mol. The molecule has 1 nitrogen and oxygen atoms in total. The first kappa shape index (κ1) is 7.07. The van der Waals surface area contributed by atoms with Gasteiger partial charge in [-0.25, -0.2) is 0 Å². The molecule has 2 bridgehead atoms. The van der Waals surface area contributed by atoms with Crippen molar-refractivity contribution >= 4 is 0 Å². The molecule has 0 aromatic carbocycles. The summed E-state index contributed by atoms with van der Waals surface area (Å²) in [6.07, 6.45) is 5.24.